The van der Waals surface area contributed by atoms with E-state index >= 15 is 0 Å². The molecule has 0 aliphatic carbocycles. The SMILES string of the molecule is CSc1cccc(NCc2ccoc2)c1. The van der Waals surface area contributed by atoms with Crippen LogP contribution in [-0.4, -0.2) is 6.26 Å². The van der Waals surface area contributed by atoms with Crippen molar-refractivity contribution in [1.82, 2.24) is 0 Å². The monoisotopic (exact) mass is 219 g/mol. The molecule has 2 aromatic rings. The minimum Gasteiger partial charge on any atom is -0.472 e. The Morgan fingerprint density at radius 2 is 2.27 bits per heavy atom. The summed E-state index contributed by atoms with van der Waals surface area (Å²) in [7, 11) is 0. The molecule has 0 unspecified atom stereocenters. The van der Waals surface area contributed by atoms with E-state index in [1.807, 2.05) is 6.07 Å². The van der Waals surface area contributed by atoms with Crippen LogP contribution in [0, 0.1) is 0 Å². The molecule has 1 heterocycles. The van der Waals surface area contributed by atoms with Gasteiger partial charge in [-0.05, 0) is 30.5 Å². The van der Waals surface area contributed by atoms with Crippen molar-refractivity contribution in [1.29, 1.82) is 0 Å². The largest absolute Gasteiger partial charge is 0.472 e. The third-order valence-corrected chi connectivity index (χ3v) is 2.87. The van der Waals surface area contributed by atoms with E-state index in [1.165, 1.54) is 4.90 Å². The van der Waals surface area contributed by atoms with Gasteiger partial charge in [0.25, 0.3) is 0 Å². The molecule has 1 N–H and O–H groups in total. The number of rotatable bonds is 4. The summed E-state index contributed by atoms with van der Waals surface area (Å²) >= 11 is 1.75. The average molecular weight is 219 g/mol. The minimum absolute atomic E-state index is 0.800. The first-order valence-electron chi connectivity index (χ1n) is 4.77. The van der Waals surface area contributed by atoms with Gasteiger partial charge in [0.05, 0.1) is 12.5 Å². The fourth-order valence-electron chi connectivity index (χ4n) is 1.33. The van der Waals surface area contributed by atoms with Gasteiger partial charge in [0.2, 0.25) is 0 Å². The fraction of sp³-hybridized carbons (Fsp3) is 0.167. The molecule has 0 aliphatic rings. The highest BCUT2D eigenvalue weighted by Gasteiger charge is 1.96. The summed E-state index contributed by atoms with van der Waals surface area (Å²) in [5.41, 5.74) is 2.30. The number of hydrogen-bond donors (Lipinski definition) is 1. The van der Waals surface area contributed by atoms with Crippen molar-refractivity contribution in [3.05, 3.63) is 48.4 Å². The van der Waals surface area contributed by atoms with Gasteiger partial charge < -0.3 is 9.73 Å². The van der Waals surface area contributed by atoms with Crippen LogP contribution in [0.25, 0.3) is 0 Å². The summed E-state index contributed by atoms with van der Waals surface area (Å²) in [6.07, 6.45) is 5.52. The Bertz CT molecular complexity index is 411. The Labute approximate surface area is 93.7 Å². The molecule has 0 saturated carbocycles. The Kier molecular flexibility index (Phi) is 3.35. The Balaban J connectivity index is 1.98. The van der Waals surface area contributed by atoms with Crippen molar-refractivity contribution in [2.24, 2.45) is 0 Å². The van der Waals surface area contributed by atoms with Crippen LogP contribution in [0.2, 0.25) is 0 Å². The third kappa shape index (κ3) is 2.80. The average Bonchev–Trinajstić information content (AvgIpc) is 2.79. The van der Waals surface area contributed by atoms with Crippen LogP contribution in [-0.2, 0) is 6.54 Å². The molecule has 0 aliphatic heterocycles. The molecular weight excluding hydrogens is 206 g/mol. The summed E-state index contributed by atoms with van der Waals surface area (Å²) in [5.74, 6) is 0. The van der Waals surface area contributed by atoms with E-state index in [2.05, 4.69) is 35.8 Å². The van der Waals surface area contributed by atoms with Gasteiger partial charge in [0.1, 0.15) is 0 Å². The summed E-state index contributed by atoms with van der Waals surface area (Å²) in [6, 6.07) is 10.3. The zero-order valence-corrected chi connectivity index (χ0v) is 9.38. The summed E-state index contributed by atoms with van der Waals surface area (Å²) in [4.78, 5) is 1.27. The molecule has 0 saturated heterocycles. The van der Waals surface area contributed by atoms with Crippen LogP contribution in [0.5, 0.6) is 0 Å². The van der Waals surface area contributed by atoms with E-state index in [-0.39, 0.29) is 0 Å². The molecule has 0 bridgehead atoms. The normalized spacial score (nSPS) is 10.2. The van der Waals surface area contributed by atoms with Crippen molar-refractivity contribution in [3.63, 3.8) is 0 Å². The van der Waals surface area contributed by atoms with Gasteiger partial charge in [-0.2, -0.15) is 0 Å². The zero-order valence-electron chi connectivity index (χ0n) is 8.57. The summed E-state index contributed by atoms with van der Waals surface area (Å²) < 4.78 is 5.00. The maximum atomic E-state index is 5.00. The molecule has 0 atom stereocenters. The van der Waals surface area contributed by atoms with E-state index in [0.29, 0.717) is 0 Å². The number of benzene rings is 1. The first-order valence-corrected chi connectivity index (χ1v) is 6.00. The molecule has 3 heteroatoms. The standard InChI is InChI=1S/C12H13NOS/c1-15-12-4-2-3-11(7-12)13-8-10-5-6-14-9-10/h2-7,9,13H,8H2,1H3. The minimum atomic E-state index is 0.800. The summed E-state index contributed by atoms with van der Waals surface area (Å²) in [5, 5.41) is 3.35. The van der Waals surface area contributed by atoms with Crippen LogP contribution in [0.4, 0.5) is 5.69 Å². The van der Waals surface area contributed by atoms with Gasteiger partial charge in [-0.3, -0.25) is 0 Å². The molecule has 0 amide bonds. The number of furan rings is 1. The zero-order chi connectivity index (χ0) is 10.5. The van der Waals surface area contributed by atoms with Crippen molar-refractivity contribution >= 4 is 17.4 Å². The number of thioether (sulfide) groups is 1. The van der Waals surface area contributed by atoms with Gasteiger partial charge in [-0.25, -0.2) is 0 Å². The quantitative estimate of drug-likeness (QED) is 0.795. The van der Waals surface area contributed by atoms with Crippen LogP contribution < -0.4 is 5.32 Å². The second-order valence-corrected chi connectivity index (χ2v) is 4.10. The van der Waals surface area contributed by atoms with Gasteiger partial charge in [-0.1, -0.05) is 6.07 Å². The van der Waals surface area contributed by atoms with Crippen molar-refractivity contribution in [3.8, 4) is 0 Å². The van der Waals surface area contributed by atoms with Gasteiger partial charge >= 0.3 is 0 Å². The van der Waals surface area contributed by atoms with Gasteiger partial charge in [-0.15, -0.1) is 11.8 Å². The number of hydrogen-bond acceptors (Lipinski definition) is 3. The van der Waals surface area contributed by atoms with Crippen molar-refractivity contribution in [2.45, 2.75) is 11.4 Å². The molecule has 0 fully saturated rings. The van der Waals surface area contributed by atoms with Crippen LogP contribution in [0.15, 0.2) is 52.2 Å². The van der Waals surface area contributed by atoms with Crippen molar-refractivity contribution in [2.75, 3.05) is 11.6 Å². The Hall–Kier alpha value is -1.35. The number of nitrogens with one attached hydrogen (secondary N) is 1. The van der Waals surface area contributed by atoms with E-state index in [9.17, 15) is 0 Å². The molecule has 1 aromatic carbocycles. The van der Waals surface area contributed by atoms with Gasteiger partial charge in [0, 0.05) is 22.7 Å². The molecule has 2 nitrogen and oxygen atoms in total. The topological polar surface area (TPSA) is 25.2 Å². The second-order valence-electron chi connectivity index (χ2n) is 3.22. The van der Waals surface area contributed by atoms with E-state index < -0.39 is 0 Å². The van der Waals surface area contributed by atoms with E-state index in [0.717, 1.165) is 17.8 Å². The van der Waals surface area contributed by atoms with E-state index in [1.54, 1.807) is 24.3 Å². The van der Waals surface area contributed by atoms with Crippen LogP contribution >= 0.6 is 11.8 Å². The molecular formula is C12H13NOS. The molecule has 0 radical (unpaired) electrons. The summed E-state index contributed by atoms with van der Waals surface area (Å²) in [6.45, 7) is 0.800. The van der Waals surface area contributed by atoms with Crippen molar-refractivity contribution < 1.29 is 4.42 Å². The Morgan fingerprint density at radius 1 is 1.33 bits per heavy atom. The smallest absolute Gasteiger partial charge is 0.0952 e. The van der Waals surface area contributed by atoms with Gasteiger partial charge in [0.15, 0.2) is 0 Å². The number of anilines is 1. The van der Waals surface area contributed by atoms with Crippen LogP contribution in [0.3, 0.4) is 0 Å². The molecule has 15 heavy (non-hydrogen) atoms. The van der Waals surface area contributed by atoms with E-state index in [4.69, 9.17) is 4.42 Å². The molecule has 1 aromatic heterocycles. The lowest BCUT2D eigenvalue weighted by Crippen LogP contribution is -1.97. The predicted molar refractivity (Wildman–Crippen MR) is 64.3 cm³/mol. The first-order chi connectivity index (χ1) is 7.38. The lowest BCUT2D eigenvalue weighted by atomic mass is 10.3. The molecule has 78 valence electrons. The lowest BCUT2D eigenvalue weighted by Gasteiger charge is -2.05. The second kappa shape index (κ2) is 4.94. The highest BCUT2D eigenvalue weighted by molar-refractivity contribution is 7.98. The first kappa shape index (κ1) is 10.2. The highest BCUT2D eigenvalue weighted by Crippen LogP contribution is 2.19. The molecule has 0 spiro atoms. The Morgan fingerprint density at radius 3 is 3.00 bits per heavy atom. The van der Waals surface area contributed by atoms with Crippen LogP contribution in [0.1, 0.15) is 5.56 Å². The maximum Gasteiger partial charge on any atom is 0.0952 e. The fourth-order valence-corrected chi connectivity index (χ4v) is 1.79. The molecule has 2 rings (SSSR count). The maximum absolute atomic E-state index is 5.00. The lowest BCUT2D eigenvalue weighted by molar-refractivity contribution is 0.564. The highest BCUT2D eigenvalue weighted by atomic mass is 32.2. The third-order valence-electron chi connectivity index (χ3n) is 2.15. The predicted octanol–water partition coefficient (Wildman–Crippen LogP) is 3.61.